The van der Waals surface area contributed by atoms with E-state index in [1.807, 2.05) is 24.3 Å². The number of anilines is 1. The van der Waals surface area contributed by atoms with E-state index in [1.54, 1.807) is 12.3 Å². The number of aromatic nitrogens is 1. The molecular weight excluding hydrogens is 540 g/mol. The van der Waals surface area contributed by atoms with Gasteiger partial charge in [0, 0.05) is 47.5 Å². The lowest BCUT2D eigenvalue weighted by atomic mass is 9.95. The van der Waals surface area contributed by atoms with E-state index in [9.17, 15) is 13.2 Å². The first-order valence-electron chi connectivity index (χ1n) is 13.1. The SMILES string of the molecule is COc1ccc(S(=O)(=O)N(CC(=O)NCCCNc2ccnc3cc(Cl)ccc23)C2CCCCC2)cc1OC. The molecule has 1 aliphatic rings. The number of rotatable bonds is 12. The number of nitrogens with zero attached hydrogens (tertiary/aromatic N) is 2. The molecule has 0 spiro atoms. The maximum Gasteiger partial charge on any atom is 0.243 e. The molecule has 1 amide bonds. The molecule has 2 N–H and O–H groups in total. The molecule has 4 rings (SSSR count). The van der Waals surface area contributed by atoms with E-state index in [2.05, 4.69) is 15.6 Å². The Kier molecular flexibility index (Phi) is 9.88. The van der Waals surface area contributed by atoms with Crippen molar-refractivity contribution in [3.05, 3.63) is 53.7 Å². The molecule has 11 heteroatoms. The number of carbonyl (C=O) groups excluding carboxylic acids is 1. The molecule has 0 atom stereocenters. The van der Waals surface area contributed by atoms with Crippen LogP contribution < -0.4 is 20.1 Å². The highest BCUT2D eigenvalue weighted by molar-refractivity contribution is 7.89. The number of benzene rings is 2. The molecule has 2 aromatic carbocycles. The van der Waals surface area contributed by atoms with Crippen LogP contribution >= 0.6 is 11.6 Å². The predicted octanol–water partition coefficient (Wildman–Crippen LogP) is 4.85. The fraction of sp³-hybridized carbons (Fsp3) is 0.429. The van der Waals surface area contributed by atoms with E-state index < -0.39 is 10.0 Å². The summed E-state index contributed by atoms with van der Waals surface area (Å²) in [4.78, 5) is 17.4. The van der Waals surface area contributed by atoms with Crippen LogP contribution in [0.5, 0.6) is 11.5 Å². The molecule has 1 heterocycles. The summed E-state index contributed by atoms with van der Waals surface area (Å²) in [5.74, 6) is 0.438. The molecule has 1 fully saturated rings. The summed E-state index contributed by atoms with van der Waals surface area (Å²) in [6.07, 6.45) is 6.79. The van der Waals surface area contributed by atoms with Crippen molar-refractivity contribution in [2.45, 2.75) is 49.5 Å². The number of carbonyl (C=O) groups is 1. The lowest BCUT2D eigenvalue weighted by Crippen LogP contribution is -2.47. The number of fused-ring (bicyclic) bond motifs is 1. The minimum atomic E-state index is -3.94. The third-order valence-electron chi connectivity index (χ3n) is 6.94. The largest absolute Gasteiger partial charge is 0.493 e. The Morgan fingerprint density at radius 2 is 1.79 bits per heavy atom. The van der Waals surface area contributed by atoms with Gasteiger partial charge in [-0.3, -0.25) is 9.78 Å². The van der Waals surface area contributed by atoms with Crippen molar-refractivity contribution in [3.63, 3.8) is 0 Å². The van der Waals surface area contributed by atoms with Gasteiger partial charge in [0.25, 0.3) is 0 Å². The van der Waals surface area contributed by atoms with Crippen LogP contribution in [0.3, 0.4) is 0 Å². The highest BCUT2D eigenvalue weighted by Crippen LogP contribution is 2.33. The number of hydrogen-bond acceptors (Lipinski definition) is 7. The molecule has 1 saturated carbocycles. The molecule has 3 aromatic rings. The Morgan fingerprint density at radius 1 is 1.03 bits per heavy atom. The number of pyridine rings is 1. The second-order valence-corrected chi connectivity index (χ2v) is 11.8. The second-order valence-electron chi connectivity index (χ2n) is 9.51. The quantitative estimate of drug-likeness (QED) is 0.298. The van der Waals surface area contributed by atoms with Crippen LogP contribution in [0.15, 0.2) is 53.6 Å². The van der Waals surface area contributed by atoms with Crippen molar-refractivity contribution < 1.29 is 22.7 Å². The van der Waals surface area contributed by atoms with E-state index in [0.717, 1.165) is 48.7 Å². The standard InChI is InChI=1S/C28H35ClN4O5S/c1-37-26-12-10-22(18-27(26)38-2)39(35,36)33(21-7-4-3-5-8-21)19-28(34)32-15-6-14-30-24-13-16-31-25-17-20(29)9-11-23(24)25/h9-13,16-18,21H,3-8,14-15,19H2,1-2H3,(H,30,31)(H,32,34). The summed E-state index contributed by atoms with van der Waals surface area (Å²) >= 11 is 6.07. The Labute approximate surface area is 234 Å². The van der Waals surface area contributed by atoms with Gasteiger partial charge in [-0.15, -0.1) is 0 Å². The van der Waals surface area contributed by atoms with Gasteiger partial charge in [0.1, 0.15) is 0 Å². The lowest BCUT2D eigenvalue weighted by Gasteiger charge is -2.33. The first kappa shape index (κ1) is 28.9. The molecule has 210 valence electrons. The molecule has 0 aliphatic heterocycles. The third-order valence-corrected chi connectivity index (χ3v) is 9.07. The topological polar surface area (TPSA) is 110 Å². The Balaban J connectivity index is 1.37. The zero-order chi connectivity index (χ0) is 27.8. The van der Waals surface area contributed by atoms with Gasteiger partial charge in [-0.1, -0.05) is 30.9 Å². The summed E-state index contributed by atoms with van der Waals surface area (Å²) < 4.78 is 39.4. The monoisotopic (exact) mass is 574 g/mol. The maximum atomic E-state index is 13.7. The van der Waals surface area contributed by atoms with Gasteiger partial charge in [-0.25, -0.2) is 8.42 Å². The van der Waals surface area contributed by atoms with E-state index in [1.165, 1.54) is 30.7 Å². The highest BCUT2D eigenvalue weighted by atomic mass is 35.5. The van der Waals surface area contributed by atoms with E-state index >= 15 is 0 Å². The summed E-state index contributed by atoms with van der Waals surface area (Å²) in [7, 11) is -0.983. The molecule has 0 unspecified atom stereocenters. The van der Waals surface area contributed by atoms with Crippen LogP contribution in [-0.2, 0) is 14.8 Å². The molecule has 1 aromatic heterocycles. The molecule has 0 bridgehead atoms. The number of hydrogen-bond donors (Lipinski definition) is 2. The highest BCUT2D eigenvalue weighted by Gasteiger charge is 2.34. The maximum absolute atomic E-state index is 13.7. The first-order valence-corrected chi connectivity index (χ1v) is 14.9. The van der Waals surface area contributed by atoms with Gasteiger partial charge in [-0.05, 0) is 55.7 Å². The second kappa shape index (κ2) is 13.3. The summed E-state index contributed by atoms with van der Waals surface area (Å²) in [5, 5.41) is 7.86. The molecule has 0 radical (unpaired) electrons. The fourth-order valence-electron chi connectivity index (χ4n) is 4.90. The normalized spacial score (nSPS) is 14.4. The van der Waals surface area contributed by atoms with Crippen LogP contribution in [0.1, 0.15) is 38.5 Å². The zero-order valence-electron chi connectivity index (χ0n) is 22.3. The summed E-state index contributed by atoms with van der Waals surface area (Å²) in [6, 6.07) is 11.7. The van der Waals surface area contributed by atoms with Crippen molar-refractivity contribution in [2.75, 3.05) is 39.2 Å². The fourth-order valence-corrected chi connectivity index (χ4v) is 6.73. The molecule has 1 aliphatic carbocycles. The van der Waals surface area contributed by atoms with Crippen molar-refractivity contribution in [2.24, 2.45) is 0 Å². The number of halogens is 1. The van der Waals surface area contributed by atoms with Crippen molar-refractivity contribution in [1.82, 2.24) is 14.6 Å². The van der Waals surface area contributed by atoms with Gasteiger partial charge in [-0.2, -0.15) is 4.31 Å². The minimum Gasteiger partial charge on any atom is -0.493 e. The molecule has 9 nitrogen and oxygen atoms in total. The number of amides is 1. The number of sulfonamides is 1. The number of methoxy groups -OCH3 is 2. The lowest BCUT2D eigenvalue weighted by molar-refractivity contribution is -0.121. The smallest absolute Gasteiger partial charge is 0.243 e. The predicted molar refractivity (Wildman–Crippen MR) is 153 cm³/mol. The Morgan fingerprint density at radius 3 is 2.54 bits per heavy atom. The molecular formula is C28H35ClN4O5S. The van der Waals surface area contributed by atoms with Crippen LogP contribution in [-0.4, -0.2) is 63.5 Å². The van der Waals surface area contributed by atoms with Crippen LogP contribution in [0.4, 0.5) is 5.69 Å². The third kappa shape index (κ3) is 7.12. The minimum absolute atomic E-state index is 0.0774. The van der Waals surface area contributed by atoms with E-state index in [0.29, 0.717) is 36.0 Å². The van der Waals surface area contributed by atoms with Crippen LogP contribution in [0.25, 0.3) is 10.9 Å². The summed E-state index contributed by atoms with van der Waals surface area (Å²) in [6.45, 7) is 0.804. The number of ether oxygens (including phenoxy) is 2. The van der Waals surface area contributed by atoms with Gasteiger partial charge in [0.2, 0.25) is 15.9 Å². The van der Waals surface area contributed by atoms with Crippen molar-refractivity contribution in [1.29, 1.82) is 0 Å². The van der Waals surface area contributed by atoms with Crippen molar-refractivity contribution in [3.8, 4) is 11.5 Å². The average Bonchev–Trinajstić information content (AvgIpc) is 2.95. The van der Waals surface area contributed by atoms with Crippen molar-refractivity contribution >= 4 is 44.1 Å². The Bertz CT molecular complexity index is 1400. The summed E-state index contributed by atoms with van der Waals surface area (Å²) in [5.41, 5.74) is 1.74. The van der Waals surface area contributed by atoms with Gasteiger partial charge >= 0.3 is 0 Å². The van der Waals surface area contributed by atoms with Gasteiger partial charge in [0.05, 0.1) is 31.2 Å². The first-order chi connectivity index (χ1) is 18.8. The van der Waals surface area contributed by atoms with Gasteiger partial charge in [0.15, 0.2) is 11.5 Å². The average molecular weight is 575 g/mol. The van der Waals surface area contributed by atoms with Crippen LogP contribution in [0.2, 0.25) is 5.02 Å². The van der Waals surface area contributed by atoms with E-state index in [-0.39, 0.29) is 23.4 Å². The van der Waals surface area contributed by atoms with Gasteiger partial charge < -0.3 is 20.1 Å². The van der Waals surface area contributed by atoms with E-state index in [4.69, 9.17) is 21.1 Å². The zero-order valence-corrected chi connectivity index (χ0v) is 23.9. The number of nitrogens with one attached hydrogen (secondary N) is 2. The molecule has 0 saturated heterocycles. The van der Waals surface area contributed by atoms with Crippen LogP contribution in [0, 0.1) is 0 Å². The Hall–Kier alpha value is -3.08. The molecule has 39 heavy (non-hydrogen) atoms.